The first-order valence-electron chi connectivity index (χ1n) is 9.10. The summed E-state index contributed by atoms with van der Waals surface area (Å²) in [6, 6.07) is 6.35. The largest absolute Gasteiger partial charge is 0.494 e. The molecule has 2 rings (SSSR count). The molecule has 1 fully saturated rings. The van der Waals surface area contributed by atoms with Crippen LogP contribution >= 0.6 is 0 Å². The van der Waals surface area contributed by atoms with Crippen molar-refractivity contribution >= 4 is 24.5 Å². The Kier molecular flexibility index (Phi) is 6.67. The molecule has 27 heavy (non-hydrogen) atoms. The summed E-state index contributed by atoms with van der Waals surface area (Å²) >= 11 is 0. The first-order chi connectivity index (χ1) is 12.6. The number of hydrogen-bond donors (Lipinski definition) is 2. The normalized spacial score (nSPS) is 18.9. The standard InChI is InChI=1S/C19H28BNO6/c1-6-25-12-16(22)21-15(17(23)24)11-13-7-9-14(10-8-13)20-26-18(2,3)19(4,5)27-20/h7-10,15H,6,11-12H2,1-5H3,(H,21,22)(H,23,24)/t15-/m1/s1. The third-order valence-corrected chi connectivity index (χ3v) is 5.02. The molecular weight excluding hydrogens is 349 g/mol. The summed E-state index contributed by atoms with van der Waals surface area (Å²) in [5, 5.41) is 11.8. The number of nitrogens with one attached hydrogen (secondary N) is 1. The van der Waals surface area contributed by atoms with Gasteiger partial charge in [-0.3, -0.25) is 4.79 Å². The van der Waals surface area contributed by atoms with Gasteiger partial charge in [-0.05, 0) is 45.6 Å². The van der Waals surface area contributed by atoms with Crippen LogP contribution in [-0.4, -0.2) is 54.6 Å². The molecule has 0 unspecified atom stereocenters. The Morgan fingerprint density at radius 1 is 1.15 bits per heavy atom. The van der Waals surface area contributed by atoms with E-state index in [0.717, 1.165) is 11.0 Å². The molecule has 0 saturated carbocycles. The maximum atomic E-state index is 11.7. The van der Waals surface area contributed by atoms with Gasteiger partial charge in [0.25, 0.3) is 0 Å². The first-order valence-corrected chi connectivity index (χ1v) is 9.10. The quantitative estimate of drug-likeness (QED) is 0.660. The summed E-state index contributed by atoms with van der Waals surface area (Å²) in [7, 11) is -0.467. The van der Waals surface area contributed by atoms with Crippen LogP contribution in [-0.2, 0) is 30.1 Å². The maximum Gasteiger partial charge on any atom is 0.494 e. The number of carboxylic acid groups (broad SMARTS) is 1. The van der Waals surface area contributed by atoms with Crippen molar-refractivity contribution in [2.75, 3.05) is 13.2 Å². The van der Waals surface area contributed by atoms with Crippen molar-refractivity contribution in [2.24, 2.45) is 0 Å². The molecular formula is C19H28BNO6. The SMILES string of the molecule is CCOCC(=O)N[C@H](Cc1ccc(B2OC(C)(C)C(C)(C)O2)cc1)C(=O)O. The molecule has 148 valence electrons. The molecule has 7 nitrogen and oxygen atoms in total. The van der Waals surface area contributed by atoms with E-state index in [9.17, 15) is 14.7 Å². The second-order valence-corrected chi connectivity index (χ2v) is 7.63. The van der Waals surface area contributed by atoms with Crippen molar-refractivity contribution < 1.29 is 28.7 Å². The molecule has 0 aliphatic carbocycles. The number of carbonyl (C=O) groups is 2. The zero-order valence-corrected chi connectivity index (χ0v) is 16.6. The fraction of sp³-hybridized carbons (Fsp3) is 0.579. The monoisotopic (exact) mass is 377 g/mol. The van der Waals surface area contributed by atoms with Crippen molar-refractivity contribution in [2.45, 2.75) is 58.3 Å². The minimum Gasteiger partial charge on any atom is -0.480 e. The molecule has 1 aliphatic rings. The molecule has 1 aliphatic heterocycles. The minimum atomic E-state index is -1.09. The average Bonchev–Trinajstić information content (AvgIpc) is 2.80. The lowest BCUT2D eigenvalue weighted by molar-refractivity contribution is -0.142. The number of carboxylic acids is 1. The van der Waals surface area contributed by atoms with E-state index in [0.29, 0.717) is 6.61 Å². The number of ether oxygens (including phenoxy) is 1. The molecule has 0 spiro atoms. The molecule has 8 heteroatoms. The Bertz CT molecular complexity index is 657. The molecule has 0 bridgehead atoms. The number of rotatable bonds is 8. The van der Waals surface area contributed by atoms with Crippen molar-refractivity contribution in [3.8, 4) is 0 Å². The summed E-state index contributed by atoms with van der Waals surface area (Å²) in [6.45, 7) is 9.97. The Balaban J connectivity index is 2.02. The van der Waals surface area contributed by atoms with Crippen LogP contribution in [0.3, 0.4) is 0 Å². The third-order valence-electron chi connectivity index (χ3n) is 5.02. The third kappa shape index (κ3) is 5.31. The second-order valence-electron chi connectivity index (χ2n) is 7.63. The molecule has 1 heterocycles. The molecule has 0 aromatic heterocycles. The summed E-state index contributed by atoms with van der Waals surface area (Å²) in [4.78, 5) is 23.2. The van der Waals surface area contributed by atoms with E-state index in [-0.39, 0.29) is 13.0 Å². The highest BCUT2D eigenvalue weighted by molar-refractivity contribution is 6.62. The zero-order valence-electron chi connectivity index (χ0n) is 16.6. The van der Waals surface area contributed by atoms with Crippen LogP contribution in [0, 0.1) is 0 Å². The molecule has 0 radical (unpaired) electrons. The van der Waals surface area contributed by atoms with Gasteiger partial charge in [-0.25, -0.2) is 4.79 Å². The average molecular weight is 377 g/mol. The fourth-order valence-corrected chi connectivity index (χ4v) is 2.66. The van der Waals surface area contributed by atoms with Crippen molar-refractivity contribution in [1.29, 1.82) is 0 Å². The lowest BCUT2D eigenvalue weighted by Gasteiger charge is -2.32. The van der Waals surface area contributed by atoms with Crippen LogP contribution in [0.1, 0.15) is 40.2 Å². The Morgan fingerprint density at radius 2 is 1.70 bits per heavy atom. The first kappa shape index (κ1) is 21.4. The van der Waals surface area contributed by atoms with Crippen LogP contribution in [0.4, 0.5) is 0 Å². The number of hydrogen-bond acceptors (Lipinski definition) is 5. The minimum absolute atomic E-state index is 0.152. The Hall–Kier alpha value is -1.90. The smallest absolute Gasteiger partial charge is 0.480 e. The lowest BCUT2D eigenvalue weighted by Crippen LogP contribution is -2.44. The van der Waals surface area contributed by atoms with E-state index >= 15 is 0 Å². The summed E-state index contributed by atoms with van der Waals surface area (Å²) < 4.78 is 17.0. The van der Waals surface area contributed by atoms with Crippen molar-refractivity contribution in [3.63, 3.8) is 0 Å². The van der Waals surface area contributed by atoms with Crippen LogP contribution in [0.2, 0.25) is 0 Å². The fourth-order valence-electron chi connectivity index (χ4n) is 2.66. The van der Waals surface area contributed by atoms with Gasteiger partial charge >= 0.3 is 13.1 Å². The highest BCUT2D eigenvalue weighted by Gasteiger charge is 2.51. The topological polar surface area (TPSA) is 94.1 Å². The molecule has 2 N–H and O–H groups in total. The van der Waals surface area contributed by atoms with Gasteiger partial charge in [0, 0.05) is 13.0 Å². The molecule has 1 saturated heterocycles. The van der Waals surface area contributed by atoms with E-state index in [4.69, 9.17) is 14.0 Å². The number of aliphatic carboxylic acids is 1. The molecule has 1 aromatic rings. The molecule has 1 atom stereocenters. The zero-order chi connectivity index (χ0) is 20.2. The van der Waals surface area contributed by atoms with E-state index < -0.39 is 36.2 Å². The van der Waals surface area contributed by atoms with Gasteiger partial charge in [0.2, 0.25) is 5.91 Å². The second kappa shape index (κ2) is 8.41. The van der Waals surface area contributed by atoms with Crippen LogP contribution in [0.15, 0.2) is 24.3 Å². The highest BCUT2D eigenvalue weighted by atomic mass is 16.7. The van der Waals surface area contributed by atoms with E-state index in [1.165, 1.54) is 0 Å². The summed E-state index contributed by atoms with van der Waals surface area (Å²) in [6.07, 6.45) is 0.177. The number of benzene rings is 1. The van der Waals surface area contributed by atoms with E-state index in [2.05, 4.69) is 5.32 Å². The van der Waals surface area contributed by atoms with Gasteiger partial charge in [-0.1, -0.05) is 24.3 Å². The van der Waals surface area contributed by atoms with Gasteiger partial charge in [-0.15, -0.1) is 0 Å². The lowest BCUT2D eigenvalue weighted by atomic mass is 9.78. The van der Waals surface area contributed by atoms with Gasteiger partial charge in [0.1, 0.15) is 12.6 Å². The van der Waals surface area contributed by atoms with Gasteiger partial charge in [-0.2, -0.15) is 0 Å². The summed E-state index contributed by atoms with van der Waals surface area (Å²) in [5.41, 5.74) is 0.814. The molecule has 1 amide bonds. The van der Waals surface area contributed by atoms with Gasteiger partial charge < -0.3 is 24.5 Å². The predicted molar refractivity (Wildman–Crippen MR) is 102 cm³/mol. The highest BCUT2D eigenvalue weighted by Crippen LogP contribution is 2.36. The maximum absolute atomic E-state index is 11.7. The van der Waals surface area contributed by atoms with E-state index in [1.54, 1.807) is 6.92 Å². The van der Waals surface area contributed by atoms with E-state index in [1.807, 2.05) is 52.0 Å². The summed E-state index contributed by atoms with van der Waals surface area (Å²) in [5.74, 6) is -1.53. The Morgan fingerprint density at radius 3 is 2.19 bits per heavy atom. The number of amides is 1. The number of carbonyl (C=O) groups excluding carboxylic acids is 1. The molecule has 1 aromatic carbocycles. The van der Waals surface area contributed by atoms with Crippen molar-refractivity contribution in [3.05, 3.63) is 29.8 Å². The van der Waals surface area contributed by atoms with Crippen molar-refractivity contribution in [1.82, 2.24) is 5.32 Å². The van der Waals surface area contributed by atoms with Crippen LogP contribution in [0.25, 0.3) is 0 Å². The Labute approximate surface area is 160 Å². The predicted octanol–water partition coefficient (Wildman–Crippen LogP) is 1.13. The van der Waals surface area contributed by atoms with Gasteiger partial charge in [0.05, 0.1) is 11.2 Å². The van der Waals surface area contributed by atoms with Gasteiger partial charge in [0.15, 0.2) is 0 Å². The van der Waals surface area contributed by atoms with Crippen LogP contribution < -0.4 is 10.8 Å². The van der Waals surface area contributed by atoms with Crippen LogP contribution in [0.5, 0.6) is 0 Å².